The number of carbonyl (C=O) groups excluding carboxylic acids is 1. The number of hydrogen-bond acceptors (Lipinski definition) is 3. The first kappa shape index (κ1) is 14.4. The summed E-state index contributed by atoms with van der Waals surface area (Å²) in [5.41, 5.74) is 1.08. The van der Waals surface area contributed by atoms with Crippen LogP contribution in [0.1, 0.15) is 30.9 Å². The van der Waals surface area contributed by atoms with E-state index in [4.69, 9.17) is 0 Å². The highest BCUT2D eigenvalue weighted by Crippen LogP contribution is 2.28. The van der Waals surface area contributed by atoms with Crippen LogP contribution in [0, 0.1) is 6.92 Å². The Kier molecular flexibility index (Phi) is 3.69. The number of nitrogens with one attached hydrogen (secondary N) is 1. The van der Waals surface area contributed by atoms with E-state index in [2.05, 4.69) is 10.4 Å². The van der Waals surface area contributed by atoms with Crippen LogP contribution in [-0.2, 0) is 4.79 Å². The summed E-state index contributed by atoms with van der Waals surface area (Å²) in [6.07, 6.45) is 5.19. The van der Waals surface area contributed by atoms with Gasteiger partial charge in [0, 0.05) is 25.7 Å². The van der Waals surface area contributed by atoms with Crippen molar-refractivity contribution in [3.8, 4) is 0 Å². The van der Waals surface area contributed by atoms with Crippen molar-refractivity contribution in [3.05, 3.63) is 18.0 Å². The summed E-state index contributed by atoms with van der Waals surface area (Å²) >= 11 is 0. The molecular formula is C14H20F2N4O. The van der Waals surface area contributed by atoms with Gasteiger partial charge < -0.3 is 4.90 Å². The Balaban J connectivity index is 1.64. The summed E-state index contributed by atoms with van der Waals surface area (Å²) in [6.45, 7) is 2.75. The van der Waals surface area contributed by atoms with E-state index in [9.17, 15) is 13.6 Å². The van der Waals surface area contributed by atoms with Crippen LogP contribution >= 0.6 is 0 Å². The molecule has 0 bridgehead atoms. The summed E-state index contributed by atoms with van der Waals surface area (Å²) in [6, 6.07) is -0.614. The van der Waals surface area contributed by atoms with Gasteiger partial charge in [0.15, 0.2) is 0 Å². The minimum Gasteiger partial charge on any atom is -0.339 e. The van der Waals surface area contributed by atoms with Gasteiger partial charge in [0.1, 0.15) is 0 Å². The van der Waals surface area contributed by atoms with Gasteiger partial charge in [-0.05, 0) is 25.3 Å². The molecule has 2 saturated heterocycles. The van der Waals surface area contributed by atoms with Crippen LogP contribution < -0.4 is 5.32 Å². The summed E-state index contributed by atoms with van der Waals surface area (Å²) < 4.78 is 28.3. The first-order chi connectivity index (χ1) is 9.94. The number of nitrogens with zero attached hydrogens (tertiary/aromatic N) is 3. The second-order valence-corrected chi connectivity index (χ2v) is 6.07. The molecule has 3 heterocycles. The van der Waals surface area contributed by atoms with Crippen LogP contribution in [0.15, 0.2) is 12.4 Å². The molecule has 0 saturated carbocycles. The minimum atomic E-state index is -2.77. The molecule has 2 unspecified atom stereocenters. The average molecular weight is 298 g/mol. The Morgan fingerprint density at radius 3 is 2.95 bits per heavy atom. The molecule has 7 heteroatoms. The van der Waals surface area contributed by atoms with Crippen molar-refractivity contribution in [3.63, 3.8) is 0 Å². The first-order valence-corrected chi connectivity index (χ1v) is 7.35. The molecule has 1 amide bonds. The molecule has 1 N–H and O–H groups in total. The highest BCUT2D eigenvalue weighted by Gasteiger charge is 2.44. The van der Waals surface area contributed by atoms with Gasteiger partial charge in [-0.3, -0.25) is 14.8 Å². The number of aromatic nitrogens is 2. The molecule has 5 nitrogen and oxygen atoms in total. The smallest absolute Gasteiger partial charge is 0.262 e. The SMILES string of the molecule is Cc1cnn(C2CCCN(C(=O)C3CC(F)(F)CN3)C2)c1. The van der Waals surface area contributed by atoms with Gasteiger partial charge in [0.05, 0.1) is 24.8 Å². The van der Waals surface area contributed by atoms with Gasteiger partial charge in [-0.1, -0.05) is 0 Å². The number of likely N-dealkylation sites (tertiary alicyclic amines) is 1. The summed E-state index contributed by atoms with van der Waals surface area (Å²) in [5.74, 6) is -2.98. The fourth-order valence-corrected chi connectivity index (χ4v) is 3.11. The van der Waals surface area contributed by atoms with E-state index >= 15 is 0 Å². The Labute approximate surface area is 122 Å². The Hall–Kier alpha value is -1.50. The zero-order chi connectivity index (χ0) is 15.0. The molecule has 0 aromatic carbocycles. The predicted molar refractivity (Wildman–Crippen MR) is 73.2 cm³/mol. The largest absolute Gasteiger partial charge is 0.339 e. The van der Waals surface area contributed by atoms with Crippen molar-refractivity contribution in [2.75, 3.05) is 19.6 Å². The van der Waals surface area contributed by atoms with E-state index in [-0.39, 0.29) is 11.9 Å². The van der Waals surface area contributed by atoms with Crippen molar-refractivity contribution in [2.45, 2.75) is 44.2 Å². The number of halogens is 2. The molecule has 0 aliphatic carbocycles. The molecule has 2 aliphatic heterocycles. The van der Waals surface area contributed by atoms with Gasteiger partial charge in [0.25, 0.3) is 5.92 Å². The third-order valence-electron chi connectivity index (χ3n) is 4.22. The third kappa shape index (κ3) is 3.07. The zero-order valence-electron chi connectivity index (χ0n) is 12.1. The number of hydrogen-bond donors (Lipinski definition) is 1. The summed E-state index contributed by atoms with van der Waals surface area (Å²) in [4.78, 5) is 14.1. The second kappa shape index (κ2) is 5.36. The number of piperidine rings is 1. The number of rotatable bonds is 2. The van der Waals surface area contributed by atoms with E-state index in [1.165, 1.54) is 0 Å². The van der Waals surface area contributed by atoms with Gasteiger partial charge >= 0.3 is 0 Å². The average Bonchev–Trinajstić information content (AvgIpc) is 3.04. The van der Waals surface area contributed by atoms with Crippen molar-refractivity contribution in [1.82, 2.24) is 20.0 Å². The van der Waals surface area contributed by atoms with E-state index in [0.29, 0.717) is 13.1 Å². The lowest BCUT2D eigenvalue weighted by molar-refractivity contribution is -0.135. The van der Waals surface area contributed by atoms with Crippen LogP contribution in [0.3, 0.4) is 0 Å². The monoisotopic (exact) mass is 298 g/mol. The van der Waals surface area contributed by atoms with Crippen molar-refractivity contribution in [2.24, 2.45) is 0 Å². The van der Waals surface area contributed by atoms with E-state index < -0.39 is 24.9 Å². The Morgan fingerprint density at radius 1 is 1.52 bits per heavy atom. The van der Waals surface area contributed by atoms with Crippen LogP contribution in [0.5, 0.6) is 0 Å². The Morgan fingerprint density at radius 2 is 2.33 bits per heavy atom. The first-order valence-electron chi connectivity index (χ1n) is 7.35. The maximum atomic E-state index is 13.2. The molecule has 1 aromatic rings. The van der Waals surface area contributed by atoms with Crippen molar-refractivity contribution >= 4 is 5.91 Å². The van der Waals surface area contributed by atoms with Crippen LogP contribution in [0.25, 0.3) is 0 Å². The molecule has 3 rings (SSSR count). The highest BCUT2D eigenvalue weighted by molar-refractivity contribution is 5.82. The van der Waals surface area contributed by atoms with E-state index in [1.807, 2.05) is 17.8 Å². The van der Waals surface area contributed by atoms with Gasteiger partial charge in [-0.15, -0.1) is 0 Å². The summed E-state index contributed by atoms with van der Waals surface area (Å²) in [7, 11) is 0. The van der Waals surface area contributed by atoms with E-state index in [0.717, 1.165) is 18.4 Å². The van der Waals surface area contributed by atoms with Gasteiger partial charge in [-0.25, -0.2) is 8.78 Å². The lowest BCUT2D eigenvalue weighted by atomic mass is 10.0. The molecule has 0 spiro atoms. The number of amides is 1. The normalized spacial score (nSPS) is 28.8. The van der Waals surface area contributed by atoms with E-state index in [1.54, 1.807) is 11.1 Å². The van der Waals surface area contributed by atoms with Crippen molar-refractivity contribution < 1.29 is 13.6 Å². The molecule has 1 aromatic heterocycles. The van der Waals surface area contributed by atoms with Crippen LogP contribution in [0.2, 0.25) is 0 Å². The lowest BCUT2D eigenvalue weighted by Crippen LogP contribution is -2.48. The number of aryl methyl sites for hydroxylation is 1. The number of alkyl halides is 2. The molecule has 0 radical (unpaired) electrons. The molecule has 2 aliphatic rings. The fourth-order valence-electron chi connectivity index (χ4n) is 3.11. The fraction of sp³-hybridized carbons (Fsp3) is 0.714. The minimum absolute atomic E-state index is 0.137. The summed E-state index contributed by atoms with van der Waals surface area (Å²) in [5, 5.41) is 6.94. The molecule has 116 valence electrons. The standard InChI is InChI=1S/C14H20F2N4O/c1-10-6-18-20(7-10)11-3-2-4-19(8-11)13(21)12-5-14(15,16)9-17-12/h6-7,11-12,17H,2-5,8-9H2,1H3. The number of carbonyl (C=O) groups is 1. The predicted octanol–water partition coefficient (Wildman–Crippen LogP) is 1.35. The highest BCUT2D eigenvalue weighted by atomic mass is 19.3. The van der Waals surface area contributed by atoms with Crippen LogP contribution in [-0.4, -0.2) is 52.2 Å². The molecular weight excluding hydrogens is 278 g/mol. The van der Waals surface area contributed by atoms with Crippen LogP contribution in [0.4, 0.5) is 8.78 Å². The zero-order valence-corrected chi connectivity index (χ0v) is 12.1. The quantitative estimate of drug-likeness (QED) is 0.897. The maximum Gasteiger partial charge on any atom is 0.262 e. The molecule has 2 fully saturated rings. The lowest BCUT2D eigenvalue weighted by Gasteiger charge is -2.34. The topological polar surface area (TPSA) is 50.2 Å². The third-order valence-corrected chi connectivity index (χ3v) is 4.22. The van der Waals surface area contributed by atoms with Crippen molar-refractivity contribution in [1.29, 1.82) is 0 Å². The van der Waals surface area contributed by atoms with Gasteiger partial charge in [-0.2, -0.15) is 5.10 Å². The Bertz CT molecular complexity index is 531. The molecule has 2 atom stereocenters. The second-order valence-electron chi connectivity index (χ2n) is 6.07. The maximum absolute atomic E-state index is 13.2. The molecule has 21 heavy (non-hydrogen) atoms. The van der Waals surface area contributed by atoms with Gasteiger partial charge in [0.2, 0.25) is 5.91 Å².